The molecule has 0 aliphatic carbocycles. The van der Waals surface area contributed by atoms with Crippen molar-refractivity contribution in [1.29, 1.82) is 0 Å². The fraction of sp³-hybridized carbons (Fsp3) is 0.111. The summed E-state index contributed by atoms with van der Waals surface area (Å²) in [6, 6.07) is 15.6. The maximum Gasteiger partial charge on any atom is 0.367 e. The average molecular weight is 372 g/mol. The second-order valence-electron chi connectivity index (χ2n) is 5.08. The van der Waals surface area contributed by atoms with E-state index >= 15 is 0 Å². The van der Waals surface area contributed by atoms with E-state index in [1.54, 1.807) is 13.0 Å². The van der Waals surface area contributed by atoms with Crippen molar-refractivity contribution in [3.8, 4) is 5.75 Å². The van der Waals surface area contributed by atoms with Crippen LogP contribution in [-0.4, -0.2) is 11.7 Å². The van der Waals surface area contributed by atoms with Crippen molar-refractivity contribution in [3.63, 3.8) is 0 Å². The number of ether oxygens (including phenoxy) is 1. The van der Waals surface area contributed by atoms with Crippen molar-refractivity contribution >= 4 is 33.7 Å². The third-order valence-corrected chi connectivity index (χ3v) is 4.00. The third-order valence-electron chi connectivity index (χ3n) is 3.38. The van der Waals surface area contributed by atoms with Crippen LogP contribution >= 0.6 is 15.9 Å². The van der Waals surface area contributed by atoms with Crippen LogP contribution in [0.3, 0.4) is 0 Å². The number of rotatable bonds is 4. The van der Waals surface area contributed by atoms with Crippen LogP contribution < -0.4 is 4.74 Å². The van der Waals surface area contributed by atoms with Gasteiger partial charge in [-0.3, -0.25) is 0 Å². The van der Waals surface area contributed by atoms with Crippen molar-refractivity contribution < 1.29 is 14.4 Å². The molecule has 0 saturated carbocycles. The minimum atomic E-state index is -0.428. The Labute approximate surface area is 142 Å². The first-order valence-corrected chi connectivity index (χ1v) is 7.87. The number of carbonyl (C=O) groups is 1. The van der Waals surface area contributed by atoms with Gasteiger partial charge in [-0.15, -0.1) is 0 Å². The average Bonchev–Trinajstić information content (AvgIpc) is 2.87. The molecule has 0 radical (unpaired) electrons. The summed E-state index contributed by atoms with van der Waals surface area (Å²) in [5.41, 5.74) is 3.02. The molecule has 0 bridgehead atoms. The molecule has 116 valence electrons. The first-order chi connectivity index (χ1) is 11.1. The van der Waals surface area contributed by atoms with Crippen LogP contribution in [0.5, 0.6) is 5.75 Å². The zero-order valence-electron chi connectivity index (χ0n) is 12.5. The van der Waals surface area contributed by atoms with Gasteiger partial charge in [-0.1, -0.05) is 41.6 Å². The van der Waals surface area contributed by atoms with Crippen LogP contribution in [0.1, 0.15) is 18.1 Å². The third kappa shape index (κ3) is 3.68. The zero-order valence-corrected chi connectivity index (χ0v) is 14.0. The molecule has 1 aliphatic heterocycles. The number of nitrogens with zero attached hydrogens (tertiary/aromatic N) is 1. The predicted molar refractivity (Wildman–Crippen MR) is 92.1 cm³/mol. The number of carbonyl (C=O) groups excluding carboxylic acids is 1. The van der Waals surface area contributed by atoms with E-state index in [2.05, 4.69) is 25.9 Å². The Morgan fingerprint density at radius 3 is 2.65 bits per heavy atom. The highest BCUT2D eigenvalue weighted by molar-refractivity contribution is 9.10. The Morgan fingerprint density at radius 1 is 1.22 bits per heavy atom. The molecule has 0 saturated heterocycles. The van der Waals surface area contributed by atoms with E-state index in [0.29, 0.717) is 17.9 Å². The molecular weight excluding hydrogens is 358 g/mol. The molecule has 4 nitrogen and oxygen atoms in total. The monoisotopic (exact) mass is 371 g/mol. The van der Waals surface area contributed by atoms with Gasteiger partial charge in [-0.2, -0.15) is 0 Å². The number of hydrogen-bond acceptors (Lipinski definition) is 4. The minimum Gasteiger partial charge on any atom is -0.488 e. The molecule has 1 aliphatic rings. The second kappa shape index (κ2) is 6.79. The highest BCUT2D eigenvalue weighted by Gasteiger charge is 2.21. The van der Waals surface area contributed by atoms with Gasteiger partial charge in [-0.05, 0) is 52.2 Å². The Morgan fingerprint density at radius 2 is 2.00 bits per heavy atom. The minimum absolute atomic E-state index is 0.428. The van der Waals surface area contributed by atoms with Crippen molar-refractivity contribution in [1.82, 2.24) is 0 Å². The molecule has 0 spiro atoms. The van der Waals surface area contributed by atoms with Gasteiger partial charge >= 0.3 is 5.97 Å². The van der Waals surface area contributed by atoms with Crippen molar-refractivity contribution in [2.45, 2.75) is 13.5 Å². The van der Waals surface area contributed by atoms with E-state index < -0.39 is 5.97 Å². The SMILES string of the molecule is CC1=NOC(=O)/C1=C/c1ccc(OCc2ccccc2)c(Br)c1. The lowest BCUT2D eigenvalue weighted by atomic mass is 10.1. The Hall–Kier alpha value is -2.40. The van der Waals surface area contributed by atoms with Crippen LogP contribution in [0.25, 0.3) is 6.08 Å². The molecule has 0 fully saturated rings. The van der Waals surface area contributed by atoms with E-state index in [4.69, 9.17) is 4.74 Å². The van der Waals surface area contributed by atoms with E-state index in [1.165, 1.54) is 0 Å². The molecule has 2 aromatic carbocycles. The summed E-state index contributed by atoms with van der Waals surface area (Å²) in [7, 11) is 0. The first-order valence-electron chi connectivity index (χ1n) is 7.08. The summed E-state index contributed by atoms with van der Waals surface area (Å²) in [6.07, 6.45) is 1.75. The molecule has 0 amide bonds. The lowest BCUT2D eigenvalue weighted by molar-refractivity contribution is -0.136. The van der Waals surface area contributed by atoms with Crippen molar-refractivity contribution in [2.24, 2.45) is 5.16 Å². The van der Waals surface area contributed by atoms with Gasteiger partial charge in [0, 0.05) is 0 Å². The van der Waals surface area contributed by atoms with Gasteiger partial charge in [-0.25, -0.2) is 4.79 Å². The van der Waals surface area contributed by atoms with Crippen molar-refractivity contribution in [2.75, 3.05) is 0 Å². The molecule has 1 heterocycles. The van der Waals surface area contributed by atoms with E-state index in [9.17, 15) is 4.79 Å². The fourth-order valence-electron chi connectivity index (χ4n) is 2.15. The molecule has 0 N–H and O–H groups in total. The summed E-state index contributed by atoms with van der Waals surface area (Å²) in [5, 5.41) is 3.66. The normalized spacial score (nSPS) is 15.5. The maximum absolute atomic E-state index is 11.6. The lowest BCUT2D eigenvalue weighted by Gasteiger charge is -2.09. The highest BCUT2D eigenvalue weighted by Crippen LogP contribution is 2.28. The van der Waals surface area contributed by atoms with Gasteiger partial charge in [0.05, 0.1) is 15.8 Å². The Kier molecular flexibility index (Phi) is 4.57. The van der Waals surface area contributed by atoms with Crippen LogP contribution in [0.4, 0.5) is 0 Å². The Bertz CT molecular complexity index is 797. The summed E-state index contributed by atoms with van der Waals surface area (Å²) in [4.78, 5) is 16.2. The molecule has 2 aromatic rings. The smallest absolute Gasteiger partial charge is 0.367 e. The Balaban J connectivity index is 1.75. The van der Waals surface area contributed by atoms with Crippen LogP contribution in [0, 0.1) is 0 Å². The van der Waals surface area contributed by atoms with E-state index in [0.717, 1.165) is 21.3 Å². The van der Waals surface area contributed by atoms with Gasteiger partial charge in [0.15, 0.2) is 0 Å². The van der Waals surface area contributed by atoms with Gasteiger partial charge in [0.25, 0.3) is 0 Å². The summed E-state index contributed by atoms with van der Waals surface area (Å²) in [6.45, 7) is 2.24. The summed E-state index contributed by atoms with van der Waals surface area (Å²) >= 11 is 3.50. The largest absolute Gasteiger partial charge is 0.488 e. The van der Waals surface area contributed by atoms with Gasteiger partial charge in [0.2, 0.25) is 0 Å². The lowest BCUT2D eigenvalue weighted by Crippen LogP contribution is -2.01. The van der Waals surface area contributed by atoms with E-state index in [-0.39, 0.29) is 0 Å². The summed E-state index contributed by atoms with van der Waals surface area (Å²) < 4.78 is 6.63. The maximum atomic E-state index is 11.6. The van der Waals surface area contributed by atoms with E-state index in [1.807, 2.05) is 48.5 Å². The predicted octanol–water partition coefficient (Wildman–Crippen LogP) is 4.34. The first kappa shape index (κ1) is 15.5. The number of oxime groups is 1. The molecule has 0 unspecified atom stereocenters. The molecule has 23 heavy (non-hydrogen) atoms. The highest BCUT2D eigenvalue weighted by atomic mass is 79.9. The van der Waals surface area contributed by atoms with Crippen LogP contribution in [0.15, 0.2) is 63.7 Å². The topological polar surface area (TPSA) is 47.9 Å². The summed E-state index contributed by atoms with van der Waals surface area (Å²) in [5.74, 6) is 0.318. The van der Waals surface area contributed by atoms with Gasteiger partial charge in [0.1, 0.15) is 12.4 Å². The second-order valence-corrected chi connectivity index (χ2v) is 5.93. The number of halogens is 1. The molecule has 0 aromatic heterocycles. The standard InChI is InChI=1S/C18H14BrNO3/c1-12-15(18(21)23-20-12)9-14-7-8-17(16(19)10-14)22-11-13-5-3-2-4-6-13/h2-10H,11H2,1H3/b15-9+. The molecular formula is C18H14BrNO3. The number of hydrogen-bond donors (Lipinski definition) is 0. The van der Waals surface area contributed by atoms with Crippen molar-refractivity contribution in [3.05, 3.63) is 69.7 Å². The number of benzene rings is 2. The van der Waals surface area contributed by atoms with Gasteiger partial charge < -0.3 is 9.57 Å². The fourth-order valence-corrected chi connectivity index (χ4v) is 2.66. The zero-order chi connectivity index (χ0) is 16.2. The van der Waals surface area contributed by atoms with Crippen LogP contribution in [0.2, 0.25) is 0 Å². The quantitative estimate of drug-likeness (QED) is 0.593. The molecule has 5 heteroatoms. The molecule has 3 rings (SSSR count). The molecule has 0 atom stereocenters. The van der Waals surface area contributed by atoms with Crippen LogP contribution in [-0.2, 0) is 16.2 Å².